The van der Waals surface area contributed by atoms with Crippen molar-refractivity contribution in [2.24, 2.45) is 0 Å². The van der Waals surface area contributed by atoms with Crippen molar-refractivity contribution in [1.29, 1.82) is 0 Å². The first kappa shape index (κ1) is 13.7. The maximum absolute atomic E-state index is 11.2. The van der Waals surface area contributed by atoms with E-state index in [-0.39, 0.29) is 18.6 Å². The second-order valence-electron chi connectivity index (χ2n) is 3.23. The molecule has 15 heavy (non-hydrogen) atoms. The minimum absolute atomic E-state index is 0.0475. The molecular weight excluding hydrogens is 200 g/mol. The predicted octanol–water partition coefficient (Wildman–Crippen LogP) is 0.184. The average Bonchev–Trinajstić information content (AvgIpc) is 2.17. The fraction of sp³-hybridized carbons (Fsp3) is 0.778. The Morgan fingerprint density at radius 2 is 2.07 bits per heavy atom. The van der Waals surface area contributed by atoms with E-state index < -0.39 is 12.1 Å². The molecule has 0 aliphatic rings. The molecule has 0 aromatic rings. The standard InChI is InChI=1S/C9H18N2O4/c1-4-6(2)11-9(14)10-5-7(15-3)8(12)13/h6-7H,4-5H2,1-3H3,(H,12,13)(H2,10,11,14). The maximum atomic E-state index is 11.2. The van der Waals surface area contributed by atoms with Gasteiger partial charge < -0.3 is 20.5 Å². The predicted molar refractivity (Wildman–Crippen MR) is 54.7 cm³/mol. The number of methoxy groups -OCH3 is 1. The van der Waals surface area contributed by atoms with Crippen LogP contribution >= 0.6 is 0 Å². The molecule has 6 nitrogen and oxygen atoms in total. The number of carboxylic acids is 1. The van der Waals surface area contributed by atoms with Crippen LogP contribution in [0, 0.1) is 0 Å². The molecule has 0 heterocycles. The van der Waals surface area contributed by atoms with Crippen LogP contribution < -0.4 is 10.6 Å². The van der Waals surface area contributed by atoms with Gasteiger partial charge in [0, 0.05) is 13.2 Å². The number of carboxylic acid groups (broad SMARTS) is 1. The molecule has 2 atom stereocenters. The van der Waals surface area contributed by atoms with Gasteiger partial charge in [0.05, 0.1) is 6.54 Å². The van der Waals surface area contributed by atoms with Crippen molar-refractivity contribution in [2.75, 3.05) is 13.7 Å². The number of nitrogens with one attached hydrogen (secondary N) is 2. The molecule has 0 saturated heterocycles. The van der Waals surface area contributed by atoms with Gasteiger partial charge >= 0.3 is 12.0 Å². The SMILES string of the molecule is CCC(C)NC(=O)NCC(OC)C(=O)O. The zero-order valence-electron chi connectivity index (χ0n) is 9.24. The Hall–Kier alpha value is -1.30. The van der Waals surface area contributed by atoms with Crippen molar-refractivity contribution < 1.29 is 19.4 Å². The van der Waals surface area contributed by atoms with E-state index in [2.05, 4.69) is 15.4 Å². The normalized spacial score (nSPS) is 14.1. The Labute approximate surface area is 89.0 Å². The van der Waals surface area contributed by atoms with E-state index in [0.717, 1.165) is 6.42 Å². The molecule has 0 radical (unpaired) electrons. The van der Waals surface area contributed by atoms with Gasteiger partial charge in [0.15, 0.2) is 6.10 Å². The Balaban J connectivity index is 3.83. The third kappa shape index (κ3) is 5.90. The summed E-state index contributed by atoms with van der Waals surface area (Å²) in [4.78, 5) is 21.7. The number of carbonyl (C=O) groups is 2. The molecule has 0 aliphatic carbocycles. The van der Waals surface area contributed by atoms with Crippen LogP contribution in [0.1, 0.15) is 20.3 Å². The Kier molecular flexibility index (Phi) is 6.44. The first-order valence-electron chi connectivity index (χ1n) is 4.81. The Morgan fingerprint density at radius 1 is 1.47 bits per heavy atom. The van der Waals surface area contributed by atoms with Crippen molar-refractivity contribution >= 4 is 12.0 Å². The monoisotopic (exact) mass is 218 g/mol. The van der Waals surface area contributed by atoms with Gasteiger partial charge in [-0.05, 0) is 13.3 Å². The van der Waals surface area contributed by atoms with Crippen LogP contribution in [0.5, 0.6) is 0 Å². The van der Waals surface area contributed by atoms with E-state index in [4.69, 9.17) is 5.11 Å². The molecule has 0 spiro atoms. The lowest BCUT2D eigenvalue weighted by atomic mass is 10.3. The van der Waals surface area contributed by atoms with E-state index >= 15 is 0 Å². The number of carbonyl (C=O) groups excluding carboxylic acids is 1. The molecule has 2 amide bonds. The summed E-state index contributed by atoms with van der Waals surface area (Å²) in [6.07, 6.45) is -0.187. The van der Waals surface area contributed by atoms with E-state index in [9.17, 15) is 9.59 Å². The number of amides is 2. The summed E-state index contributed by atoms with van der Waals surface area (Å²) in [6, 6.07) is -0.316. The molecule has 3 N–H and O–H groups in total. The highest BCUT2D eigenvalue weighted by Gasteiger charge is 2.17. The van der Waals surface area contributed by atoms with E-state index in [1.807, 2.05) is 13.8 Å². The van der Waals surface area contributed by atoms with Gasteiger partial charge in [0.25, 0.3) is 0 Å². The summed E-state index contributed by atoms with van der Waals surface area (Å²) < 4.78 is 4.65. The number of rotatable bonds is 6. The largest absolute Gasteiger partial charge is 0.479 e. The second-order valence-corrected chi connectivity index (χ2v) is 3.23. The molecule has 0 aromatic heterocycles. The van der Waals surface area contributed by atoms with E-state index in [1.165, 1.54) is 7.11 Å². The number of hydrogen-bond acceptors (Lipinski definition) is 3. The van der Waals surface area contributed by atoms with Gasteiger partial charge in [-0.2, -0.15) is 0 Å². The number of urea groups is 1. The van der Waals surface area contributed by atoms with Crippen LogP contribution in [0.4, 0.5) is 4.79 Å². The zero-order valence-corrected chi connectivity index (χ0v) is 9.24. The third-order valence-corrected chi connectivity index (χ3v) is 2.00. The fourth-order valence-electron chi connectivity index (χ4n) is 0.834. The summed E-state index contributed by atoms with van der Waals surface area (Å²) in [5, 5.41) is 13.7. The van der Waals surface area contributed by atoms with Gasteiger partial charge in [0.2, 0.25) is 0 Å². The maximum Gasteiger partial charge on any atom is 0.334 e. The molecule has 0 rings (SSSR count). The number of hydrogen-bond donors (Lipinski definition) is 3. The fourth-order valence-corrected chi connectivity index (χ4v) is 0.834. The number of ether oxygens (including phenoxy) is 1. The highest BCUT2D eigenvalue weighted by atomic mass is 16.5. The van der Waals surface area contributed by atoms with Crippen LogP contribution in [0.25, 0.3) is 0 Å². The van der Waals surface area contributed by atoms with Crippen molar-refractivity contribution in [2.45, 2.75) is 32.4 Å². The molecule has 0 saturated carbocycles. The summed E-state index contributed by atoms with van der Waals surface area (Å²) in [5.74, 6) is -1.10. The first-order chi connectivity index (χ1) is 7.01. The van der Waals surface area contributed by atoms with E-state index in [1.54, 1.807) is 0 Å². The summed E-state index contributed by atoms with van der Waals surface area (Å²) in [5.41, 5.74) is 0. The van der Waals surface area contributed by atoms with Crippen LogP contribution in [0.3, 0.4) is 0 Å². The smallest absolute Gasteiger partial charge is 0.334 e. The zero-order chi connectivity index (χ0) is 11.8. The molecular formula is C9H18N2O4. The quantitative estimate of drug-likeness (QED) is 0.593. The Bertz CT molecular complexity index is 220. The van der Waals surface area contributed by atoms with Crippen LogP contribution in [-0.4, -0.2) is 42.9 Å². The van der Waals surface area contributed by atoms with Gasteiger partial charge in [-0.25, -0.2) is 9.59 Å². The molecule has 0 bridgehead atoms. The lowest BCUT2D eigenvalue weighted by Gasteiger charge is -2.14. The van der Waals surface area contributed by atoms with Crippen LogP contribution in [0.15, 0.2) is 0 Å². The molecule has 88 valence electrons. The lowest BCUT2D eigenvalue weighted by Crippen LogP contribution is -2.45. The van der Waals surface area contributed by atoms with Gasteiger partial charge in [-0.3, -0.25) is 0 Å². The van der Waals surface area contributed by atoms with Crippen molar-refractivity contribution in [1.82, 2.24) is 10.6 Å². The molecule has 0 aliphatic heterocycles. The average molecular weight is 218 g/mol. The molecule has 0 aromatic carbocycles. The van der Waals surface area contributed by atoms with Gasteiger partial charge in [-0.1, -0.05) is 6.92 Å². The Morgan fingerprint density at radius 3 is 2.47 bits per heavy atom. The highest BCUT2D eigenvalue weighted by molar-refractivity contribution is 5.76. The molecule has 6 heteroatoms. The topological polar surface area (TPSA) is 87.7 Å². The minimum atomic E-state index is -1.10. The van der Waals surface area contributed by atoms with Crippen molar-refractivity contribution in [3.63, 3.8) is 0 Å². The van der Waals surface area contributed by atoms with Crippen LogP contribution in [0.2, 0.25) is 0 Å². The summed E-state index contributed by atoms with van der Waals surface area (Å²) in [6.45, 7) is 3.76. The van der Waals surface area contributed by atoms with Gasteiger partial charge in [0.1, 0.15) is 0 Å². The highest BCUT2D eigenvalue weighted by Crippen LogP contribution is 1.89. The van der Waals surface area contributed by atoms with Crippen LogP contribution in [-0.2, 0) is 9.53 Å². The molecule has 0 fully saturated rings. The van der Waals surface area contributed by atoms with Crippen molar-refractivity contribution in [3.8, 4) is 0 Å². The molecule has 2 unspecified atom stereocenters. The summed E-state index contributed by atoms with van der Waals surface area (Å²) in [7, 11) is 1.28. The lowest BCUT2D eigenvalue weighted by molar-refractivity contribution is -0.147. The first-order valence-corrected chi connectivity index (χ1v) is 4.81. The van der Waals surface area contributed by atoms with Crippen molar-refractivity contribution in [3.05, 3.63) is 0 Å². The third-order valence-electron chi connectivity index (χ3n) is 2.00. The number of aliphatic carboxylic acids is 1. The second kappa shape index (κ2) is 7.05. The minimum Gasteiger partial charge on any atom is -0.479 e. The van der Waals surface area contributed by atoms with E-state index in [0.29, 0.717) is 0 Å². The summed E-state index contributed by atoms with van der Waals surface area (Å²) >= 11 is 0. The van der Waals surface area contributed by atoms with Gasteiger partial charge in [-0.15, -0.1) is 0 Å².